The first-order chi connectivity index (χ1) is 15.8. The Kier molecular flexibility index (Phi) is 4.34. The van der Waals surface area contributed by atoms with Gasteiger partial charge >= 0.3 is 5.97 Å². The van der Waals surface area contributed by atoms with E-state index in [-0.39, 0.29) is 30.0 Å². The minimum atomic E-state index is -1.73. The van der Waals surface area contributed by atoms with Gasteiger partial charge in [0.05, 0.1) is 22.3 Å². The molecular formula is C28H36O6. The highest BCUT2D eigenvalue weighted by Gasteiger charge is 2.81. The molecule has 2 heterocycles. The van der Waals surface area contributed by atoms with Crippen LogP contribution in [0, 0.1) is 34.5 Å². The lowest BCUT2D eigenvalue weighted by molar-refractivity contribution is -0.469. The zero-order chi connectivity index (χ0) is 24.5. The van der Waals surface area contributed by atoms with E-state index in [1.54, 1.807) is 13.0 Å². The van der Waals surface area contributed by atoms with Crippen LogP contribution in [0.15, 0.2) is 34.9 Å². The molecule has 9 atom stereocenters. The summed E-state index contributed by atoms with van der Waals surface area (Å²) in [6.07, 6.45) is 9.24. The van der Waals surface area contributed by atoms with E-state index in [4.69, 9.17) is 9.47 Å². The number of hydrogen-bond donors (Lipinski definition) is 2. The number of allylic oxidation sites excluding steroid dienone is 4. The van der Waals surface area contributed by atoms with E-state index in [1.807, 2.05) is 33.8 Å². The van der Waals surface area contributed by atoms with Gasteiger partial charge < -0.3 is 19.7 Å². The van der Waals surface area contributed by atoms with Gasteiger partial charge in [0.25, 0.3) is 0 Å². The van der Waals surface area contributed by atoms with E-state index in [2.05, 4.69) is 6.08 Å². The third-order valence-electron chi connectivity index (χ3n) is 11.4. The fourth-order valence-electron chi connectivity index (χ4n) is 9.04. The Labute approximate surface area is 201 Å². The second-order valence-electron chi connectivity index (χ2n) is 12.3. The first kappa shape index (κ1) is 22.7. The van der Waals surface area contributed by atoms with Crippen molar-refractivity contribution in [3.05, 3.63) is 34.9 Å². The average molecular weight is 469 g/mol. The predicted octanol–water partition coefficient (Wildman–Crippen LogP) is 3.97. The molecule has 2 saturated carbocycles. The molecule has 1 spiro atoms. The molecule has 0 aromatic carbocycles. The zero-order valence-corrected chi connectivity index (χ0v) is 20.8. The maximum Gasteiger partial charge on any atom is 0.336 e. The summed E-state index contributed by atoms with van der Waals surface area (Å²) in [6, 6.07) is 0. The van der Waals surface area contributed by atoms with E-state index in [0.29, 0.717) is 18.4 Å². The Morgan fingerprint density at radius 3 is 2.56 bits per heavy atom. The van der Waals surface area contributed by atoms with Crippen LogP contribution < -0.4 is 0 Å². The van der Waals surface area contributed by atoms with Gasteiger partial charge in [-0.05, 0) is 70.3 Å². The van der Waals surface area contributed by atoms with Crippen LogP contribution in [0.3, 0.4) is 0 Å². The molecule has 1 saturated heterocycles. The lowest BCUT2D eigenvalue weighted by atomic mass is 9.43. The summed E-state index contributed by atoms with van der Waals surface area (Å²) in [7, 11) is 0. The molecule has 2 aliphatic heterocycles. The topological polar surface area (TPSA) is 93.1 Å². The maximum absolute atomic E-state index is 13.3. The summed E-state index contributed by atoms with van der Waals surface area (Å²) in [4.78, 5) is 26.1. The second kappa shape index (κ2) is 6.51. The fraction of sp³-hybridized carbons (Fsp3) is 0.714. The summed E-state index contributed by atoms with van der Waals surface area (Å²) >= 11 is 0. The molecule has 6 aliphatic rings. The van der Waals surface area contributed by atoms with Crippen molar-refractivity contribution in [2.45, 2.75) is 90.3 Å². The zero-order valence-electron chi connectivity index (χ0n) is 20.8. The van der Waals surface area contributed by atoms with Crippen molar-refractivity contribution in [2.75, 3.05) is 0 Å². The molecule has 3 fully saturated rings. The number of carbonyl (C=O) groups is 2. The number of carbonyl (C=O) groups excluding carboxylic acids is 2. The Morgan fingerprint density at radius 1 is 1.12 bits per heavy atom. The van der Waals surface area contributed by atoms with Gasteiger partial charge in [0, 0.05) is 18.4 Å². The molecule has 0 unspecified atom stereocenters. The van der Waals surface area contributed by atoms with Crippen LogP contribution in [-0.4, -0.2) is 39.1 Å². The standard InChI is InChI=1S/C28H36O6/c1-15-13-27(33-23(30)16(15)2)17(3)26(31)12-11-20-19-10-9-18-7-6-8-22(29)24(18,4)21(19)14-28(32,34-27)25(20,26)5/h6,8-9,17,19-21,31-32H,7,10-14H2,1-5H3/t17-,19-,20-,21-,24-,25-,26-,27+,28-/m0/s1. The maximum atomic E-state index is 13.3. The highest BCUT2D eigenvalue weighted by atomic mass is 16.8. The number of ketones is 1. The van der Waals surface area contributed by atoms with E-state index in [9.17, 15) is 19.8 Å². The lowest BCUT2D eigenvalue weighted by Gasteiger charge is -2.69. The van der Waals surface area contributed by atoms with Crippen molar-refractivity contribution in [3.63, 3.8) is 0 Å². The molecule has 34 heavy (non-hydrogen) atoms. The summed E-state index contributed by atoms with van der Waals surface area (Å²) in [5.41, 5.74) is -0.356. The van der Waals surface area contributed by atoms with Gasteiger partial charge in [-0.1, -0.05) is 37.1 Å². The number of fused-ring (bicyclic) bond motifs is 4. The predicted molar refractivity (Wildman–Crippen MR) is 124 cm³/mol. The number of ether oxygens (including phenoxy) is 2. The van der Waals surface area contributed by atoms with Crippen molar-refractivity contribution in [1.29, 1.82) is 0 Å². The van der Waals surface area contributed by atoms with Crippen LogP contribution in [0.5, 0.6) is 0 Å². The molecule has 0 aromatic heterocycles. The highest BCUT2D eigenvalue weighted by molar-refractivity contribution is 5.98. The number of esters is 1. The van der Waals surface area contributed by atoms with Crippen molar-refractivity contribution < 1.29 is 29.3 Å². The van der Waals surface area contributed by atoms with Gasteiger partial charge in [0.15, 0.2) is 11.6 Å². The number of hydrogen-bond acceptors (Lipinski definition) is 6. The van der Waals surface area contributed by atoms with Crippen molar-refractivity contribution in [1.82, 2.24) is 0 Å². The third kappa shape index (κ3) is 2.29. The Hall–Kier alpha value is -1.76. The minimum Gasteiger partial charge on any atom is -0.429 e. The molecule has 4 aliphatic carbocycles. The molecular weight excluding hydrogens is 432 g/mol. The number of aliphatic hydroxyl groups is 2. The van der Waals surface area contributed by atoms with E-state index in [1.165, 1.54) is 0 Å². The monoisotopic (exact) mass is 468 g/mol. The quantitative estimate of drug-likeness (QED) is 0.413. The van der Waals surface area contributed by atoms with Gasteiger partial charge in [0.2, 0.25) is 5.79 Å². The van der Waals surface area contributed by atoms with Crippen LogP contribution in [-0.2, 0) is 19.1 Å². The molecule has 6 heteroatoms. The summed E-state index contributed by atoms with van der Waals surface area (Å²) in [5, 5.41) is 24.8. The third-order valence-corrected chi connectivity index (χ3v) is 11.4. The first-order valence-corrected chi connectivity index (χ1v) is 12.8. The Bertz CT molecular complexity index is 1100. The van der Waals surface area contributed by atoms with Crippen LogP contribution in [0.25, 0.3) is 0 Å². The average Bonchev–Trinajstić information content (AvgIpc) is 3.06. The highest BCUT2D eigenvalue weighted by Crippen LogP contribution is 2.74. The molecule has 0 radical (unpaired) electrons. The second-order valence-corrected chi connectivity index (χ2v) is 12.3. The lowest BCUT2D eigenvalue weighted by Crippen LogP contribution is -2.78. The van der Waals surface area contributed by atoms with E-state index < -0.39 is 39.9 Å². The molecule has 2 N–H and O–H groups in total. The van der Waals surface area contributed by atoms with Crippen molar-refractivity contribution in [2.24, 2.45) is 34.5 Å². The van der Waals surface area contributed by atoms with Crippen LogP contribution >= 0.6 is 0 Å². The van der Waals surface area contributed by atoms with Gasteiger partial charge in [-0.3, -0.25) is 4.79 Å². The number of rotatable bonds is 0. The van der Waals surface area contributed by atoms with Crippen molar-refractivity contribution in [3.8, 4) is 0 Å². The minimum absolute atomic E-state index is 0.00736. The summed E-state index contributed by atoms with van der Waals surface area (Å²) < 4.78 is 12.6. The molecule has 0 amide bonds. The van der Waals surface area contributed by atoms with Crippen molar-refractivity contribution >= 4 is 11.8 Å². The molecule has 0 aromatic rings. The largest absolute Gasteiger partial charge is 0.429 e. The van der Waals surface area contributed by atoms with Crippen LogP contribution in [0.2, 0.25) is 0 Å². The van der Waals surface area contributed by atoms with E-state index >= 15 is 0 Å². The summed E-state index contributed by atoms with van der Waals surface area (Å²) in [5.74, 6) is -4.00. The van der Waals surface area contributed by atoms with Gasteiger partial charge in [-0.15, -0.1) is 0 Å². The normalized spacial score (nSPS) is 53.8. The Balaban J connectivity index is 1.51. The van der Waals surface area contributed by atoms with Crippen LogP contribution in [0.1, 0.15) is 73.1 Å². The molecule has 0 bridgehead atoms. The molecule has 6 nitrogen and oxygen atoms in total. The molecule has 6 rings (SSSR count). The van der Waals surface area contributed by atoms with E-state index in [0.717, 1.165) is 30.4 Å². The Morgan fingerprint density at radius 2 is 1.85 bits per heavy atom. The summed E-state index contributed by atoms with van der Waals surface area (Å²) in [6.45, 7) is 9.51. The van der Waals surface area contributed by atoms with Gasteiger partial charge in [-0.25, -0.2) is 4.79 Å². The van der Waals surface area contributed by atoms with Gasteiger partial charge in [0.1, 0.15) is 0 Å². The van der Waals surface area contributed by atoms with Gasteiger partial charge in [-0.2, -0.15) is 0 Å². The smallest absolute Gasteiger partial charge is 0.336 e. The first-order valence-electron chi connectivity index (χ1n) is 12.8. The SMILES string of the molecule is CC1=C(C)C(=O)O[C@]2(C1)O[C@@]1(O)C[C@H]3[C@@H](CC=C4CC=CC(=O)[C@@]43C)[C@@H]3CC[C@](O)([C@@H]2C)[C@]31C. The van der Waals surface area contributed by atoms with Crippen LogP contribution in [0.4, 0.5) is 0 Å². The molecule has 184 valence electrons. The fourth-order valence-corrected chi connectivity index (χ4v) is 9.04.